The molecule has 0 amide bonds. The highest BCUT2D eigenvalue weighted by atomic mass is 32.1. The van der Waals surface area contributed by atoms with E-state index >= 15 is 0 Å². The van der Waals surface area contributed by atoms with Gasteiger partial charge < -0.3 is 15.2 Å². The fraction of sp³-hybridized carbons (Fsp3) is 0.188. The number of ether oxygens (including phenoxy) is 2. The molecule has 4 nitrogen and oxygen atoms in total. The molecule has 0 aliphatic rings. The van der Waals surface area contributed by atoms with Crippen molar-refractivity contribution in [2.24, 2.45) is 0 Å². The Bertz CT molecular complexity index is 811. The van der Waals surface area contributed by atoms with Gasteiger partial charge in [0.25, 0.3) is 0 Å². The van der Waals surface area contributed by atoms with Crippen molar-refractivity contribution in [2.45, 2.75) is 6.92 Å². The molecule has 5 heteroatoms. The van der Waals surface area contributed by atoms with E-state index in [4.69, 9.17) is 15.2 Å². The summed E-state index contributed by atoms with van der Waals surface area (Å²) in [6.45, 7) is 2.08. The number of methoxy groups -OCH3 is 2. The minimum Gasteiger partial charge on any atom is -0.497 e. The average Bonchev–Trinajstić information content (AvgIpc) is 2.83. The highest BCUT2D eigenvalue weighted by molar-refractivity contribution is 7.19. The second-order valence-corrected chi connectivity index (χ2v) is 5.90. The highest BCUT2D eigenvalue weighted by Gasteiger charge is 2.16. The summed E-state index contributed by atoms with van der Waals surface area (Å²) in [7, 11) is 3.26. The zero-order chi connectivity index (χ0) is 15.0. The van der Waals surface area contributed by atoms with Gasteiger partial charge in [0.05, 0.1) is 14.2 Å². The number of fused-ring (bicyclic) bond motifs is 1. The molecule has 0 fully saturated rings. The van der Waals surface area contributed by atoms with Crippen LogP contribution in [0, 0.1) is 6.92 Å². The maximum absolute atomic E-state index is 6.21. The first-order chi connectivity index (χ1) is 10.1. The molecule has 21 heavy (non-hydrogen) atoms. The molecule has 0 bridgehead atoms. The van der Waals surface area contributed by atoms with E-state index in [1.54, 1.807) is 31.6 Å². The zero-order valence-corrected chi connectivity index (χ0v) is 13.0. The molecular weight excluding hydrogens is 284 g/mol. The van der Waals surface area contributed by atoms with Crippen molar-refractivity contribution in [1.82, 2.24) is 4.98 Å². The molecule has 0 aliphatic heterocycles. The average molecular weight is 300 g/mol. The first-order valence-electron chi connectivity index (χ1n) is 6.52. The number of thiophene rings is 1. The molecule has 0 spiro atoms. The molecule has 3 aromatic rings. The minimum absolute atomic E-state index is 0.540. The smallest absolute Gasteiger partial charge is 0.216 e. The molecule has 0 radical (unpaired) electrons. The Hall–Kier alpha value is -2.27. The molecule has 2 aromatic heterocycles. The molecule has 2 heterocycles. The fourth-order valence-electron chi connectivity index (χ4n) is 2.44. The van der Waals surface area contributed by atoms with Gasteiger partial charge in [0.1, 0.15) is 10.6 Å². The van der Waals surface area contributed by atoms with Crippen LogP contribution in [0.15, 0.2) is 30.3 Å². The van der Waals surface area contributed by atoms with Crippen LogP contribution < -0.4 is 15.2 Å². The van der Waals surface area contributed by atoms with Crippen LogP contribution >= 0.6 is 11.3 Å². The number of aryl methyl sites for hydroxylation is 1. The van der Waals surface area contributed by atoms with Crippen molar-refractivity contribution in [2.75, 3.05) is 20.0 Å². The molecule has 1 aromatic carbocycles. The molecule has 0 atom stereocenters. The number of benzene rings is 1. The number of nitrogens with two attached hydrogens (primary N) is 1. The standard InChI is InChI=1S/C16H16N2O2S/c1-9-14(10-5-4-6-11(7-10)19-2)15-12(17)8-13(20-3)18-16(15)21-9/h4-8H,1-3H3,(H2,17,18). The van der Waals surface area contributed by atoms with Crippen molar-refractivity contribution < 1.29 is 9.47 Å². The molecule has 0 unspecified atom stereocenters. The van der Waals surface area contributed by atoms with Crippen LogP contribution in [0.5, 0.6) is 11.6 Å². The van der Waals surface area contributed by atoms with Gasteiger partial charge in [-0.25, -0.2) is 4.98 Å². The second kappa shape index (κ2) is 5.26. The molecule has 0 saturated carbocycles. The van der Waals surface area contributed by atoms with Crippen LogP contribution in [-0.2, 0) is 0 Å². The van der Waals surface area contributed by atoms with E-state index < -0.39 is 0 Å². The first kappa shape index (κ1) is 13.7. The Kier molecular flexibility index (Phi) is 3.43. The topological polar surface area (TPSA) is 57.4 Å². The Morgan fingerprint density at radius 3 is 2.67 bits per heavy atom. The van der Waals surface area contributed by atoms with Gasteiger partial charge in [-0.3, -0.25) is 0 Å². The first-order valence-corrected chi connectivity index (χ1v) is 7.33. The predicted octanol–water partition coefficient (Wildman–Crippen LogP) is 3.87. The third-order valence-electron chi connectivity index (χ3n) is 3.41. The van der Waals surface area contributed by atoms with Crippen LogP contribution in [0.25, 0.3) is 21.3 Å². The Morgan fingerprint density at radius 2 is 1.95 bits per heavy atom. The molecule has 3 rings (SSSR count). The maximum Gasteiger partial charge on any atom is 0.216 e. The lowest BCUT2D eigenvalue weighted by atomic mass is 10.0. The summed E-state index contributed by atoms with van der Waals surface area (Å²) >= 11 is 1.62. The summed E-state index contributed by atoms with van der Waals surface area (Å²) in [5.41, 5.74) is 9.08. The molecule has 0 aliphatic carbocycles. The summed E-state index contributed by atoms with van der Waals surface area (Å²) in [5, 5.41) is 0.978. The monoisotopic (exact) mass is 300 g/mol. The lowest BCUT2D eigenvalue weighted by Crippen LogP contribution is -1.93. The van der Waals surface area contributed by atoms with Crippen molar-refractivity contribution in [3.8, 4) is 22.8 Å². The minimum atomic E-state index is 0.540. The number of pyridine rings is 1. The van der Waals surface area contributed by atoms with E-state index in [0.29, 0.717) is 11.6 Å². The summed E-state index contributed by atoms with van der Waals surface area (Å²) < 4.78 is 10.5. The lowest BCUT2D eigenvalue weighted by Gasteiger charge is -2.07. The number of aromatic nitrogens is 1. The number of nitrogen functional groups attached to an aromatic ring is 1. The largest absolute Gasteiger partial charge is 0.497 e. The molecule has 108 valence electrons. The van der Waals surface area contributed by atoms with E-state index in [1.807, 2.05) is 18.2 Å². The van der Waals surface area contributed by atoms with Gasteiger partial charge in [0, 0.05) is 27.6 Å². The van der Waals surface area contributed by atoms with Crippen molar-refractivity contribution in [3.05, 3.63) is 35.2 Å². The van der Waals surface area contributed by atoms with Gasteiger partial charge in [-0.1, -0.05) is 12.1 Å². The van der Waals surface area contributed by atoms with Gasteiger partial charge in [0.15, 0.2) is 0 Å². The van der Waals surface area contributed by atoms with E-state index in [0.717, 1.165) is 27.1 Å². The number of rotatable bonds is 3. The third-order valence-corrected chi connectivity index (χ3v) is 4.41. The predicted molar refractivity (Wildman–Crippen MR) is 87.3 cm³/mol. The van der Waals surface area contributed by atoms with E-state index in [9.17, 15) is 0 Å². The zero-order valence-electron chi connectivity index (χ0n) is 12.1. The van der Waals surface area contributed by atoms with Crippen LogP contribution in [0.3, 0.4) is 0 Å². The lowest BCUT2D eigenvalue weighted by molar-refractivity contribution is 0.400. The highest BCUT2D eigenvalue weighted by Crippen LogP contribution is 2.42. The van der Waals surface area contributed by atoms with Crippen LogP contribution in [0.1, 0.15) is 4.88 Å². The summed E-state index contributed by atoms with van der Waals surface area (Å²) in [5.74, 6) is 1.37. The fourth-order valence-corrected chi connectivity index (χ4v) is 3.51. The second-order valence-electron chi connectivity index (χ2n) is 4.70. The van der Waals surface area contributed by atoms with Crippen LogP contribution in [-0.4, -0.2) is 19.2 Å². The summed E-state index contributed by atoms with van der Waals surface area (Å²) in [6.07, 6.45) is 0. The SMILES string of the molecule is COc1cccc(-c2c(C)sc3nc(OC)cc(N)c23)c1. The number of hydrogen-bond donors (Lipinski definition) is 1. The number of nitrogens with zero attached hydrogens (tertiary/aromatic N) is 1. The van der Waals surface area contributed by atoms with Crippen LogP contribution in [0.4, 0.5) is 5.69 Å². The van der Waals surface area contributed by atoms with Gasteiger partial charge in [-0.05, 0) is 24.6 Å². The Labute approximate surface area is 127 Å². The van der Waals surface area contributed by atoms with E-state index in [1.165, 1.54) is 4.88 Å². The summed E-state index contributed by atoms with van der Waals surface area (Å²) in [4.78, 5) is 6.55. The van der Waals surface area contributed by atoms with E-state index in [-0.39, 0.29) is 0 Å². The van der Waals surface area contributed by atoms with Crippen LogP contribution in [0.2, 0.25) is 0 Å². The van der Waals surface area contributed by atoms with Gasteiger partial charge in [-0.15, -0.1) is 11.3 Å². The van der Waals surface area contributed by atoms with Crippen molar-refractivity contribution in [1.29, 1.82) is 0 Å². The molecular formula is C16H16N2O2S. The Balaban J connectivity index is 2.29. The normalized spacial score (nSPS) is 10.8. The van der Waals surface area contributed by atoms with Gasteiger partial charge >= 0.3 is 0 Å². The Morgan fingerprint density at radius 1 is 1.14 bits per heavy atom. The van der Waals surface area contributed by atoms with Crippen molar-refractivity contribution >= 4 is 27.2 Å². The van der Waals surface area contributed by atoms with Gasteiger partial charge in [0.2, 0.25) is 5.88 Å². The van der Waals surface area contributed by atoms with Crippen molar-refractivity contribution in [3.63, 3.8) is 0 Å². The maximum atomic E-state index is 6.21. The number of anilines is 1. The van der Waals surface area contributed by atoms with E-state index in [2.05, 4.69) is 18.0 Å². The summed E-state index contributed by atoms with van der Waals surface area (Å²) in [6, 6.07) is 9.74. The third kappa shape index (κ3) is 2.29. The van der Waals surface area contributed by atoms with Gasteiger partial charge in [-0.2, -0.15) is 0 Å². The number of hydrogen-bond acceptors (Lipinski definition) is 5. The molecule has 2 N–H and O–H groups in total. The quantitative estimate of drug-likeness (QED) is 0.797. The molecule has 0 saturated heterocycles.